The smallest absolute Gasteiger partial charge is 0.335 e. The number of carbonyl (C=O) groups excluding carboxylic acids is 1. The van der Waals surface area contributed by atoms with Gasteiger partial charge in [0.25, 0.3) is 0 Å². The van der Waals surface area contributed by atoms with Crippen LogP contribution in [0.2, 0.25) is 5.02 Å². The lowest BCUT2D eigenvalue weighted by atomic mass is 9.97. The summed E-state index contributed by atoms with van der Waals surface area (Å²) in [6.45, 7) is 5.18. The molecule has 0 radical (unpaired) electrons. The minimum absolute atomic E-state index is 0.170. The van der Waals surface area contributed by atoms with Crippen molar-refractivity contribution in [2.24, 2.45) is 0 Å². The van der Waals surface area contributed by atoms with Gasteiger partial charge in [0, 0.05) is 85.6 Å². The number of carboxylic acids is 1. The molecule has 12 heteroatoms. The maximum absolute atomic E-state index is 12.5. The third-order valence-corrected chi connectivity index (χ3v) is 10.8. The number of aromatic nitrogens is 2. The van der Waals surface area contributed by atoms with Crippen LogP contribution >= 0.6 is 11.6 Å². The SMILES string of the molecule is CS(=O)(=O)N1CCc2c(c(-c3ccc(Cl)c(-c4cccc(C(=O)O)c4)c3)nn2CCCN2CCC(N3CCCC3=O)CC2)C1. The Morgan fingerprint density at radius 3 is 2.52 bits per heavy atom. The molecule has 2 saturated heterocycles. The van der Waals surface area contributed by atoms with Crippen LogP contribution in [0.5, 0.6) is 0 Å². The van der Waals surface area contributed by atoms with Gasteiger partial charge in [-0.3, -0.25) is 9.48 Å². The number of aromatic carboxylic acids is 1. The molecule has 10 nitrogen and oxygen atoms in total. The molecule has 0 saturated carbocycles. The molecule has 0 bridgehead atoms. The monoisotopic (exact) mass is 639 g/mol. The third-order valence-electron chi connectivity index (χ3n) is 9.18. The van der Waals surface area contributed by atoms with Gasteiger partial charge in [-0.25, -0.2) is 13.2 Å². The number of hydrogen-bond donors (Lipinski definition) is 1. The normalized spacial score (nSPS) is 18.6. The molecule has 44 heavy (non-hydrogen) atoms. The zero-order valence-electron chi connectivity index (χ0n) is 24.9. The molecule has 0 spiro atoms. The van der Waals surface area contributed by atoms with Gasteiger partial charge in [-0.15, -0.1) is 0 Å². The zero-order chi connectivity index (χ0) is 31.0. The van der Waals surface area contributed by atoms with Gasteiger partial charge in [0.1, 0.15) is 0 Å². The van der Waals surface area contributed by atoms with Crippen LogP contribution in [0, 0.1) is 0 Å². The second-order valence-corrected chi connectivity index (χ2v) is 14.4. The van der Waals surface area contributed by atoms with Gasteiger partial charge in [0.15, 0.2) is 0 Å². The van der Waals surface area contributed by atoms with Gasteiger partial charge in [-0.1, -0.05) is 29.8 Å². The summed E-state index contributed by atoms with van der Waals surface area (Å²) < 4.78 is 28.5. The number of carbonyl (C=O) groups is 2. The zero-order valence-corrected chi connectivity index (χ0v) is 26.5. The van der Waals surface area contributed by atoms with Crippen molar-refractivity contribution >= 4 is 33.5 Å². The van der Waals surface area contributed by atoms with Crippen LogP contribution in [0.25, 0.3) is 22.4 Å². The Morgan fingerprint density at radius 1 is 1.02 bits per heavy atom. The Kier molecular flexibility index (Phi) is 8.83. The predicted octanol–water partition coefficient (Wildman–Crippen LogP) is 4.36. The average Bonchev–Trinajstić information content (AvgIpc) is 3.60. The van der Waals surface area contributed by atoms with Crippen LogP contribution in [0.1, 0.15) is 53.7 Å². The molecule has 0 atom stereocenters. The van der Waals surface area contributed by atoms with E-state index in [1.807, 2.05) is 22.9 Å². The summed E-state index contributed by atoms with van der Waals surface area (Å²) in [7, 11) is -3.39. The number of benzene rings is 2. The fraction of sp³-hybridized carbons (Fsp3) is 0.469. The molecule has 1 amide bonds. The number of hydrogen-bond acceptors (Lipinski definition) is 6. The Bertz CT molecular complexity index is 1680. The fourth-order valence-corrected chi connectivity index (χ4v) is 7.85. The molecule has 3 aliphatic heterocycles. The van der Waals surface area contributed by atoms with Gasteiger partial charge in [-0.05, 0) is 62.1 Å². The second kappa shape index (κ2) is 12.6. The van der Waals surface area contributed by atoms with Crippen molar-refractivity contribution in [1.29, 1.82) is 0 Å². The van der Waals surface area contributed by atoms with E-state index in [1.54, 1.807) is 18.2 Å². The summed E-state index contributed by atoms with van der Waals surface area (Å²) in [4.78, 5) is 28.3. The standard InChI is InChI=1S/C32H38ClN5O5S/c1-44(42,43)36-18-12-29-27(21-36)31(23-8-9-28(33)26(20-23)22-5-2-6-24(19-22)32(40)41)34-38(29)15-4-13-35-16-10-25(11-17-35)37-14-3-7-30(37)39/h2,5-6,8-9,19-20,25H,3-4,7,10-18,21H2,1H3,(H,40,41). The van der Waals surface area contributed by atoms with Crippen molar-refractivity contribution in [2.45, 2.75) is 57.7 Å². The molecule has 1 aromatic heterocycles. The number of amides is 1. The van der Waals surface area contributed by atoms with E-state index in [4.69, 9.17) is 16.7 Å². The lowest BCUT2D eigenvalue weighted by molar-refractivity contribution is -0.130. The van der Waals surface area contributed by atoms with Crippen molar-refractivity contribution < 1.29 is 23.1 Å². The van der Waals surface area contributed by atoms with Crippen LogP contribution in [-0.2, 0) is 34.3 Å². The van der Waals surface area contributed by atoms with E-state index in [2.05, 4.69) is 9.80 Å². The lowest BCUT2D eigenvalue weighted by Crippen LogP contribution is -2.45. The molecule has 1 N–H and O–H groups in total. The highest BCUT2D eigenvalue weighted by Crippen LogP contribution is 2.36. The van der Waals surface area contributed by atoms with E-state index < -0.39 is 16.0 Å². The second-order valence-electron chi connectivity index (χ2n) is 12.0. The summed E-state index contributed by atoms with van der Waals surface area (Å²) in [5.74, 6) is -0.711. The van der Waals surface area contributed by atoms with Crippen LogP contribution in [0.3, 0.4) is 0 Å². The Hall–Kier alpha value is -3.25. The minimum Gasteiger partial charge on any atom is -0.478 e. The number of carboxylic acid groups (broad SMARTS) is 1. The first-order valence-electron chi connectivity index (χ1n) is 15.3. The molecule has 4 heterocycles. The van der Waals surface area contributed by atoms with Crippen LogP contribution in [0.4, 0.5) is 0 Å². The summed E-state index contributed by atoms with van der Waals surface area (Å²) >= 11 is 6.59. The van der Waals surface area contributed by atoms with Gasteiger partial charge in [-0.2, -0.15) is 9.40 Å². The van der Waals surface area contributed by atoms with E-state index in [0.29, 0.717) is 54.0 Å². The van der Waals surface area contributed by atoms with Gasteiger partial charge in [0.05, 0.1) is 17.5 Å². The van der Waals surface area contributed by atoms with Gasteiger partial charge in [0.2, 0.25) is 15.9 Å². The summed E-state index contributed by atoms with van der Waals surface area (Å²) in [5, 5.41) is 15.0. The molecular weight excluding hydrogens is 602 g/mol. The quantitative estimate of drug-likeness (QED) is 0.370. The topological polar surface area (TPSA) is 116 Å². The first-order valence-corrected chi connectivity index (χ1v) is 17.5. The first kappa shape index (κ1) is 30.8. The molecule has 6 rings (SSSR count). The van der Waals surface area contributed by atoms with Crippen LogP contribution in [-0.4, -0.2) is 94.3 Å². The lowest BCUT2D eigenvalue weighted by Gasteiger charge is -2.36. The number of piperidine rings is 1. The summed E-state index contributed by atoms with van der Waals surface area (Å²) in [6.07, 6.45) is 6.42. The van der Waals surface area contributed by atoms with Crippen LogP contribution < -0.4 is 0 Å². The number of fused-ring (bicyclic) bond motifs is 1. The molecule has 3 aliphatic rings. The van der Waals surface area contributed by atoms with Gasteiger partial charge >= 0.3 is 5.97 Å². The average molecular weight is 640 g/mol. The van der Waals surface area contributed by atoms with E-state index >= 15 is 0 Å². The molecular formula is C32H38ClN5O5S. The largest absolute Gasteiger partial charge is 0.478 e. The van der Waals surface area contributed by atoms with Gasteiger partial charge < -0.3 is 14.9 Å². The minimum atomic E-state index is -3.39. The fourth-order valence-electron chi connectivity index (χ4n) is 6.83. The molecule has 0 aliphatic carbocycles. The maximum Gasteiger partial charge on any atom is 0.335 e. The number of halogens is 1. The number of rotatable bonds is 9. The molecule has 2 aromatic carbocycles. The Balaban J connectivity index is 1.22. The number of aryl methyl sites for hydroxylation is 1. The van der Waals surface area contributed by atoms with Crippen molar-refractivity contribution in [3.63, 3.8) is 0 Å². The number of sulfonamides is 1. The molecule has 0 unspecified atom stereocenters. The van der Waals surface area contributed by atoms with E-state index in [9.17, 15) is 23.1 Å². The first-order chi connectivity index (χ1) is 21.1. The van der Waals surface area contributed by atoms with Crippen LogP contribution in [0.15, 0.2) is 42.5 Å². The Labute approximate surface area is 263 Å². The van der Waals surface area contributed by atoms with E-state index in [0.717, 1.165) is 74.4 Å². The summed E-state index contributed by atoms with van der Waals surface area (Å²) in [6, 6.07) is 12.6. The van der Waals surface area contributed by atoms with Crippen molar-refractivity contribution in [3.8, 4) is 22.4 Å². The third kappa shape index (κ3) is 6.42. The predicted molar refractivity (Wildman–Crippen MR) is 169 cm³/mol. The summed E-state index contributed by atoms with van der Waals surface area (Å²) in [5.41, 5.74) is 5.00. The highest BCUT2D eigenvalue weighted by molar-refractivity contribution is 7.88. The maximum atomic E-state index is 12.5. The number of likely N-dealkylation sites (tertiary alicyclic amines) is 2. The molecule has 3 aromatic rings. The highest BCUT2D eigenvalue weighted by atomic mass is 35.5. The highest BCUT2D eigenvalue weighted by Gasteiger charge is 2.32. The van der Waals surface area contributed by atoms with Crippen molar-refractivity contribution in [1.82, 2.24) is 23.9 Å². The van der Waals surface area contributed by atoms with Crippen molar-refractivity contribution in [2.75, 3.05) is 39.0 Å². The van der Waals surface area contributed by atoms with Crippen molar-refractivity contribution in [3.05, 3.63) is 64.3 Å². The molecule has 234 valence electrons. The Morgan fingerprint density at radius 2 is 1.82 bits per heavy atom. The van der Waals surface area contributed by atoms with E-state index in [-0.39, 0.29) is 12.1 Å². The molecule has 2 fully saturated rings. The van der Waals surface area contributed by atoms with E-state index in [1.165, 1.54) is 16.6 Å². The number of nitrogens with zero attached hydrogens (tertiary/aromatic N) is 5.